The lowest BCUT2D eigenvalue weighted by Crippen LogP contribution is -2.41. The third-order valence-corrected chi connectivity index (χ3v) is 2.98. The summed E-state index contributed by atoms with van der Waals surface area (Å²) >= 11 is 0. The van der Waals surface area contributed by atoms with Gasteiger partial charge >= 0.3 is 0 Å². The minimum atomic E-state index is -0.500. The maximum absolute atomic E-state index is 11.8. The van der Waals surface area contributed by atoms with E-state index in [1.807, 2.05) is 30.3 Å². The summed E-state index contributed by atoms with van der Waals surface area (Å²) in [5, 5.41) is 6.44. The molecule has 1 aromatic carbocycles. The van der Waals surface area contributed by atoms with E-state index in [2.05, 4.69) is 20.0 Å². The van der Waals surface area contributed by atoms with Crippen LogP contribution in [0.25, 0.3) is 0 Å². The van der Waals surface area contributed by atoms with Crippen LogP contribution in [0.3, 0.4) is 0 Å². The minimum absolute atomic E-state index is 0.149. The Morgan fingerprint density at radius 3 is 2.80 bits per heavy atom. The summed E-state index contributed by atoms with van der Waals surface area (Å²) in [6, 6.07) is 9.48. The van der Waals surface area contributed by atoms with Gasteiger partial charge in [-0.2, -0.15) is 4.98 Å². The topological polar surface area (TPSA) is 94.0 Å². The fourth-order valence-electron chi connectivity index (χ4n) is 1.83. The molecule has 0 aliphatic rings. The number of hydrogen-bond donors (Lipinski definition) is 2. The first-order valence-corrected chi connectivity index (χ1v) is 6.58. The summed E-state index contributed by atoms with van der Waals surface area (Å²) in [6.45, 7) is 0.456. The second-order valence-corrected chi connectivity index (χ2v) is 4.52. The molecule has 0 aliphatic heterocycles. The van der Waals surface area contributed by atoms with Crippen LogP contribution >= 0.6 is 0 Å². The number of nitrogens with zero attached hydrogens (tertiary/aromatic N) is 2. The van der Waals surface area contributed by atoms with Crippen LogP contribution in [0.1, 0.15) is 17.8 Å². The van der Waals surface area contributed by atoms with Crippen LogP contribution in [-0.4, -0.2) is 28.6 Å². The third kappa shape index (κ3) is 4.47. The van der Waals surface area contributed by atoms with Gasteiger partial charge < -0.3 is 15.6 Å². The van der Waals surface area contributed by atoms with Gasteiger partial charge in [-0.1, -0.05) is 35.5 Å². The fourth-order valence-corrected chi connectivity index (χ4v) is 1.83. The van der Waals surface area contributed by atoms with Gasteiger partial charge in [-0.15, -0.1) is 0 Å². The quantitative estimate of drug-likeness (QED) is 0.774. The summed E-state index contributed by atoms with van der Waals surface area (Å²) in [7, 11) is 0. The number of rotatable bonds is 7. The van der Waals surface area contributed by atoms with Crippen LogP contribution in [0, 0.1) is 0 Å². The number of benzene rings is 1. The van der Waals surface area contributed by atoms with E-state index in [9.17, 15) is 4.79 Å². The van der Waals surface area contributed by atoms with Crippen molar-refractivity contribution in [1.29, 1.82) is 0 Å². The fraction of sp³-hybridized carbons (Fsp3) is 0.357. The first-order valence-electron chi connectivity index (χ1n) is 6.58. The largest absolute Gasteiger partial charge is 0.354 e. The Hall–Kier alpha value is -2.21. The Labute approximate surface area is 117 Å². The number of aryl methyl sites for hydroxylation is 1. The van der Waals surface area contributed by atoms with Crippen molar-refractivity contribution in [3.05, 3.63) is 48.1 Å². The average Bonchev–Trinajstić information content (AvgIpc) is 2.99. The van der Waals surface area contributed by atoms with E-state index in [1.54, 1.807) is 0 Å². The Balaban J connectivity index is 1.66. The molecule has 6 heteroatoms. The van der Waals surface area contributed by atoms with Crippen molar-refractivity contribution in [2.24, 2.45) is 5.73 Å². The van der Waals surface area contributed by atoms with Crippen molar-refractivity contribution in [3.8, 4) is 0 Å². The van der Waals surface area contributed by atoms with Gasteiger partial charge in [0.1, 0.15) is 0 Å². The van der Waals surface area contributed by atoms with Crippen LogP contribution in [0.5, 0.6) is 0 Å². The molecule has 3 N–H and O–H groups in total. The van der Waals surface area contributed by atoms with Gasteiger partial charge in [-0.25, -0.2) is 0 Å². The van der Waals surface area contributed by atoms with Gasteiger partial charge in [0.2, 0.25) is 12.3 Å². The van der Waals surface area contributed by atoms with Gasteiger partial charge in [-0.05, 0) is 18.4 Å². The summed E-state index contributed by atoms with van der Waals surface area (Å²) in [4.78, 5) is 15.7. The highest BCUT2D eigenvalue weighted by Gasteiger charge is 2.13. The van der Waals surface area contributed by atoms with Crippen LogP contribution < -0.4 is 11.1 Å². The summed E-state index contributed by atoms with van der Waals surface area (Å²) in [5.74, 6) is 0.424. The molecule has 0 bridgehead atoms. The highest BCUT2D eigenvalue weighted by Crippen LogP contribution is 2.04. The van der Waals surface area contributed by atoms with E-state index in [1.165, 1.54) is 12.0 Å². The van der Waals surface area contributed by atoms with E-state index in [4.69, 9.17) is 5.73 Å². The number of nitrogens with one attached hydrogen (secondary N) is 1. The van der Waals surface area contributed by atoms with Gasteiger partial charge in [0.25, 0.3) is 0 Å². The molecule has 1 aromatic heterocycles. The third-order valence-electron chi connectivity index (χ3n) is 2.98. The van der Waals surface area contributed by atoms with Crippen LogP contribution in [-0.2, 0) is 17.6 Å². The highest BCUT2D eigenvalue weighted by molar-refractivity contribution is 5.81. The Morgan fingerprint density at radius 1 is 1.30 bits per heavy atom. The van der Waals surface area contributed by atoms with E-state index < -0.39 is 6.04 Å². The van der Waals surface area contributed by atoms with Gasteiger partial charge in [0.15, 0.2) is 5.82 Å². The van der Waals surface area contributed by atoms with E-state index in [0.717, 1.165) is 6.42 Å². The standard InChI is InChI=1S/C14H18N4O2/c15-12(7-6-11-4-2-1-3-5-11)14(19)16-9-8-13-17-10-20-18-13/h1-5,10,12H,6-9,15H2,(H,16,19)/t12-/m0/s1. The van der Waals surface area contributed by atoms with E-state index >= 15 is 0 Å². The van der Waals surface area contributed by atoms with Gasteiger partial charge in [-0.3, -0.25) is 4.79 Å². The predicted octanol–water partition coefficient (Wildman–Crippen LogP) is 0.688. The molecule has 0 aliphatic carbocycles. The van der Waals surface area contributed by atoms with Crippen molar-refractivity contribution in [3.63, 3.8) is 0 Å². The minimum Gasteiger partial charge on any atom is -0.354 e. The van der Waals surface area contributed by atoms with Gasteiger partial charge in [0.05, 0.1) is 6.04 Å². The molecule has 1 atom stereocenters. The zero-order valence-electron chi connectivity index (χ0n) is 11.2. The molecule has 2 rings (SSSR count). The highest BCUT2D eigenvalue weighted by atomic mass is 16.5. The number of carbonyl (C=O) groups is 1. The van der Waals surface area contributed by atoms with E-state index in [-0.39, 0.29) is 5.91 Å². The number of nitrogens with two attached hydrogens (primary N) is 1. The molecule has 20 heavy (non-hydrogen) atoms. The smallest absolute Gasteiger partial charge is 0.236 e. The molecule has 106 valence electrons. The lowest BCUT2D eigenvalue weighted by atomic mass is 10.1. The molecule has 6 nitrogen and oxygen atoms in total. The molecule has 0 spiro atoms. The number of amides is 1. The number of carbonyl (C=O) groups excluding carboxylic acids is 1. The second kappa shape index (κ2) is 7.40. The molecule has 0 saturated carbocycles. The predicted molar refractivity (Wildman–Crippen MR) is 73.8 cm³/mol. The molecular formula is C14H18N4O2. The lowest BCUT2D eigenvalue weighted by Gasteiger charge is -2.11. The molecule has 0 saturated heterocycles. The normalized spacial score (nSPS) is 12.1. The molecule has 0 radical (unpaired) electrons. The van der Waals surface area contributed by atoms with Crippen molar-refractivity contribution < 1.29 is 9.32 Å². The summed E-state index contributed by atoms with van der Waals surface area (Å²) < 4.78 is 4.61. The molecule has 1 amide bonds. The Bertz CT molecular complexity index is 513. The first-order chi connectivity index (χ1) is 9.75. The average molecular weight is 274 g/mol. The second-order valence-electron chi connectivity index (χ2n) is 4.52. The van der Waals surface area contributed by atoms with Crippen LogP contribution in [0.15, 0.2) is 41.2 Å². The van der Waals surface area contributed by atoms with Crippen molar-refractivity contribution in [2.45, 2.75) is 25.3 Å². The number of hydrogen-bond acceptors (Lipinski definition) is 5. The van der Waals surface area contributed by atoms with Crippen molar-refractivity contribution in [1.82, 2.24) is 15.5 Å². The first kappa shape index (κ1) is 14.2. The number of aromatic nitrogens is 2. The lowest BCUT2D eigenvalue weighted by molar-refractivity contribution is -0.122. The molecular weight excluding hydrogens is 256 g/mol. The molecule has 2 aromatic rings. The zero-order valence-corrected chi connectivity index (χ0v) is 11.2. The van der Waals surface area contributed by atoms with Crippen molar-refractivity contribution in [2.75, 3.05) is 6.54 Å². The Morgan fingerprint density at radius 2 is 2.10 bits per heavy atom. The zero-order chi connectivity index (χ0) is 14.2. The van der Waals surface area contributed by atoms with E-state index in [0.29, 0.717) is 25.2 Å². The molecule has 0 fully saturated rings. The molecule has 0 unspecified atom stereocenters. The molecule has 1 heterocycles. The van der Waals surface area contributed by atoms with Crippen LogP contribution in [0.2, 0.25) is 0 Å². The monoisotopic (exact) mass is 274 g/mol. The maximum atomic E-state index is 11.8. The van der Waals surface area contributed by atoms with Crippen LogP contribution in [0.4, 0.5) is 0 Å². The SMILES string of the molecule is N[C@@H](CCc1ccccc1)C(=O)NCCc1ncon1. The maximum Gasteiger partial charge on any atom is 0.236 e. The summed E-state index contributed by atoms with van der Waals surface area (Å²) in [5.41, 5.74) is 7.05. The Kier molecular flexibility index (Phi) is 5.25. The van der Waals surface area contributed by atoms with Gasteiger partial charge in [0, 0.05) is 13.0 Å². The van der Waals surface area contributed by atoms with Crippen molar-refractivity contribution >= 4 is 5.91 Å². The summed E-state index contributed by atoms with van der Waals surface area (Å²) in [6.07, 6.45) is 3.22.